The zero-order chi connectivity index (χ0) is 17.0. The van der Waals surface area contributed by atoms with Crippen molar-refractivity contribution < 1.29 is 19.1 Å². The Balaban J connectivity index is 2.42. The average molecular weight is 353 g/mol. The monoisotopic (exact) mass is 352 g/mol. The Morgan fingerprint density at radius 1 is 0.957 bits per heavy atom. The summed E-state index contributed by atoms with van der Waals surface area (Å²) in [5.74, 6) is -1.09. The molecule has 1 aliphatic carbocycles. The van der Waals surface area contributed by atoms with Crippen molar-refractivity contribution in [1.29, 1.82) is 0 Å². The zero-order valence-corrected chi connectivity index (χ0v) is 14.7. The molecule has 122 valence electrons. The fourth-order valence-electron chi connectivity index (χ4n) is 1.98. The van der Waals surface area contributed by atoms with Crippen molar-refractivity contribution in [1.82, 2.24) is 0 Å². The lowest BCUT2D eigenvalue weighted by Crippen LogP contribution is -2.24. The van der Waals surface area contributed by atoms with Crippen molar-refractivity contribution in [3.63, 3.8) is 0 Å². The molecule has 0 saturated carbocycles. The molecule has 1 aromatic rings. The number of allylic oxidation sites excluding steroid dienone is 2. The van der Waals surface area contributed by atoms with Gasteiger partial charge in [0.1, 0.15) is 9.94 Å². The molecule has 0 bridgehead atoms. The van der Waals surface area contributed by atoms with E-state index in [9.17, 15) is 9.59 Å². The van der Waals surface area contributed by atoms with E-state index in [1.165, 1.54) is 11.8 Å². The van der Waals surface area contributed by atoms with E-state index in [1.54, 1.807) is 13.8 Å². The molecule has 4 nitrogen and oxygen atoms in total. The molecule has 2 rings (SSSR count). The lowest BCUT2D eigenvalue weighted by atomic mass is 10.1. The van der Waals surface area contributed by atoms with Crippen molar-refractivity contribution in [3.05, 3.63) is 51.3 Å². The molecular weight excluding hydrogens is 336 g/mol. The maximum Gasteiger partial charge on any atom is 0.265 e. The topological polar surface area (TPSA) is 52.6 Å². The maximum absolute atomic E-state index is 12.5. The van der Waals surface area contributed by atoms with Gasteiger partial charge in [0.25, 0.3) is 5.78 Å². The summed E-state index contributed by atoms with van der Waals surface area (Å²) in [6.07, 6.45) is 0. The van der Waals surface area contributed by atoms with E-state index >= 15 is 0 Å². The van der Waals surface area contributed by atoms with Gasteiger partial charge in [0.15, 0.2) is 11.5 Å². The van der Waals surface area contributed by atoms with Crippen molar-refractivity contribution in [2.24, 2.45) is 0 Å². The standard InChI is InChI=1S/C17H17ClO4S/c1-4-21-15-12(18)13(19)17(16(14(15)20)22-5-2)23-11-8-6-10(3)7-9-11/h6-9H,4-5H2,1-3H3. The van der Waals surface area contributed by atoms with Gasteiger partial charge in [0, 0.05) is 4.90 Å². The van der Waals surface area contributed by atoms with Crippen molar-refractivity contribution in [2.45, 2.75) is 25.7 Å². The van der Waals surface area contributed by atoms with Crippen LogP contribution in [0.25, 0.3) is 0 Å². The maximum atomic E-state index is 12.5. The second-order valence-corrected chi connectivity index (χ2v) is 6.20. The highest BCUT2D eigenvalue weighted by Gasteiger charge is 2.37. The highest BCUT2D eigenvalue weighted by atomic mass is 35.5. The predicted molar refractivity (Wildman–Crippen MR) is 90.2 cm³/mol. The van der Waals surface area contributed by atoms with Gasteiger partial charge in [-0.2, -0.15) is 0 Å². The first-order valence-corrected chi connectivity index (χ1v) is 8.42. The normalized spacial score (nSPS) is 15.3. The fraction of sp³-hybridized carbons (Fsp3) is 0.294. The molecule has 0 fully saturated rings. The molecule has 0 unspecified atom stereocenters. The second-order valence-electron chi connectivity index (χ2n) is 4.74. The zero-order valence-electron chi connectivity index (χ0n) is 13.1. The molecule has 1 aromatic carbocycles. The molecule has 0 N–H and O–H groups in total. The molecule has 0 heterocycles. The van der Waals surface area contributed by atoms with Crippen molar-refractivity contribution in [2.75, 3.05) is 13.2 Å². The third-order valence-corrected chi connectivity index (χ3v) is 4.47. The number of halogens is 1. The molecular formula is C17H17ClO4S. The molecule has 0 saturated heterocycles. The largest absolute Gasteiger partial charge is 0.488 e. The van der Waals surface area contributed by atoms with Gasteiger partial charge in [-0.25, -0.2) is 0 Å². The van der Waals surface area contributed by atoms with Gasteiger partial charge in [-0.05, 0) is 32.9 Å². The van der Waals surface area contributed by atoms with Gasteiger partial charge in [0.2, 0.25) is 5.78 Å². The first kappa shape index (κ1) is 17.6. The Labute approximate surface area is 144 Å². The number of hydrogen-bond donors (Lipinski definition) is 0. The molecule has 0 aromatic heterocycles. The van der Waals surface area contributed by atoms with Gasteiger partial charge in [0.05, 0.1) is 13.2 Å². The summed E-state index contributed by atoms with van der Waals surface area (Å²) in [6.45, 7) is 5.95. The highest BCUT2D eigenvalue weighted by molar-refractivity contribution is 8.04. The molecule has 0 aliphatic heterocycles. The first-order valence-electron chi connectivity index (χ1n) is 7.23. The van der Waals surface area contributed by atoms with Crippen LogP contribution in [0.4, 0.5) is 0 Å². The van der Waals surface area contributed by atoms with E-state index in [0.717, 1.165) is 10.5 Å². The Morgan fingerprint density at radius 2 is 1.52 bits per heavy atom. The van der Waals surface area contributed by atoms with Crippen LogP contribution in [0.3, 0.4) is 0 Å². The van der Waals surface area contributed by atoms with Crippen LogP contribution in [-0.2, 0) is 19.1 Å². The fourth-order valence-corrected chi connectivity index (χ4v) is 3.22. The summed E-state index contributed by atoms with van der Waals surface area (Å²) >= 11 is 7.21. The quantitative estimate of drug-likeness (QED) is 0.725. The van der Waals surface area contributed by atoms with Gasteiger partial charge in [-0.3, -0.25) is 9.59 Å². The lowest BCUT2D eigenvalue weighted by molar-refractivity contribution is -0.121. The van der Waals surface area contributed by atoms with Crippen LogP contribution in [0.15, 0.2) is 50.6 Å². The molecule has 0 spiro atoms. The summed E-state index contributed by atoms with van der Waals surface area (Å²) in [5, 5.41) is -0.199. The van der Waals surface area contributed by atoms with E-state index in [4.69, 9.17) is 21.1 Å². The minimum atomic E-state index is -0.493. The van der Waals surface area contributed by atoms with Gasteiger partial charge >= 0.3 is 0 Å². The first-order chi connectivity index (χ1) is 11.0. The van der Waals surface area contributed by atoms with E-state index in [-0.39, 0.29) is 34.7 Å². The molecule has 6 heteroatoms. The number of thioether (sulfide) groups is 1. The summed E-state index contributed by atoms with van der Waals surface area (Å²) in [7, 11) is 0. The van der Waals surface area contributed by atoms with Gasteiger partial charge in [-0.15, -0.1) is 0 Å². The van der Waals surface area contributed by atoms with Crippen LogP contribution >= 0.6 is 23.4 Å². The van der Waals surface area contributed by atoms with E-state index in [2.05, 4.69) is 0 Å². The molecule has 0 radical (unpaired) electrons. The number of carbonyl (C=O) groups excluding carboxylic acids is 2. The number of ketones is 2. The highest BCUT2D eigenvalue weighted by Crippen LogP contribution is 2.38. The van der Waals surface area contributed by atoms with E-state index < -0.39 is 11.6 Å². The Kier molecular flexibility index (Phi) is 5.91. The van der Waals surface area contributed by atoms with Crippen LogP contribution in [0, 0.1) is 6.92 Å². The summed E-state index contributed by atoms with van der Waals surface area (Å²) in [6, 6.07) is 7.62. The van der Waals surface area contributed by atoms with Crippen LogP contribution in [0.1, 0.15) is 19.4 Å². The number of carbonyl (C=O) groups is 2. The molecule has 0 atom stereocenters. The molecule has 1 aliphatic rings. The van der Waals surface area contributed by atoms with E-state index in [1.807, 2.05) is 31.2 Å². The SMILES string of the molecule is CCOC1=C(Cl)C(=O)C(Sc2ccc(C)cc2)=C(OCC)C1=O. The Hall–Kier alpha value is -1.72. The number of ether oxygens (including phenoxy) is 2. The average Bonchev–Trinajstić information content (AvgIpc) is 2.54. The summed E-state index contributed by atoms with van der Waals surface area (Å²) < 4.78 is 10.6. The summed E-state index contributed by atoms with van der Waals surface area (Å²) in [5.41, 5.74) is 1.11. The van der Waals surface area contributed by atoms with Crippen LogP contribution in [-0.4, -0.2) is 24.8 Å². The Morgan fingerprint density at radius 3 is 2.09 bits per heavy atom. The number of hydrogen-bond acceptors (Lipinski definition) is 5. The minimum Gasteiger partial charge on any atom is -0.488 e. The smallest absolute Gasteiger partial charge is 0.265 e. The lowest BCUT2D eigenvalue weighted by Gasteiger charge is -2.20. The van der Waals surface area contributed by atoms with Crippen LogP contribution in [0.2, 0.25) is 0 Å². The van der Waals surface area contributed by atoms with Crippen LogP contribution < -0.4 is 0 Å². The van der Waals surface area contributed by atoms with Gasteiger partial charge < -0.3 is 9.47 Å². The minimum absolute atomic E-state index is 0.00377. The molecule has 0 amide bonds. The van der Waals surface area contributed by atoms with Gasteiger partial charge in [-0.1, -0.05) is 41.1 Å². The van der Waals surface area contributed by atoms with Crippen LogP contribution in [0.5, 0.6) is 0 Å². The Bertz CT molecular complexity index is 689. The number of Topliss-reactive ketones (excluding diaryl/α,β-unsaturated/α-hetero) is 2. The van der Waals surface area contributed by atoms with E-state index in [0.29, 0.717) is 0 Å². The number of benzene rings is 1. The number of aryl methyl sites for hydroxylation is 1. The number of rotatable bonds is 6. The summed E-state index contributed by atoms with van der Waals surface area (Å²) in [4.78, 5) is 26.0. The van der Waals surface area contributed by atoms with Crippen molar-refractivity contribution >= 4 is 34.9 Å². The molecule has 23 heavy (non-hydrogen) atoms. The third kappa shape index (κ3) is 3.79. The predicted octanol–water partition coefficient (Wildman–Crippen LogP) is 3.97. The third-order valence-electron chi connectivity index (χ3n) is 3.04. The second kappa shape index (κ2) is 7.70. The van der Waals surface area contributed by atoms with Crippen molar-refractivity contribution in [3.8, 4) is 0 Å².